The van der Waals surface area contributed by atoms with Crippen molar-refractivity contribution >= 4 is 17.6 Å². The standard InChI is InChI=1S/C28H32F8N6O4/c29-25(30)4-1-14(2-5-25)20(15-9-27(15,33)22(37)44)17-12-42-23(40-17)39-16(11-38-42)18-10-24(45,28(34,35)36)7-8-41(18)21(43)19-3-6-26(31,32)13-46-19/h11-12,14-15,18-20,45H,1-10,13H2,(H2,37,44)/t15?,18-,19+,20+,24+,27?/m1/s1. The quantitative estimate of drug-likeness (QED) is 0.444. The van der Waals surface area contributed by atoms with E-state index in [1.165, 1.54) is 6.20 Å². The number of primary amides is 1. The first-order valence-corrected chi connectivity index (χ1v) is 15.0. The van der Waals surface area contributed by atoms with Crippen LogP contribution in [0, 0.1) is 11.8 Å². The zero-order valence-corrected chi connectivity index (χ0v) is 24.3. The van der Waals surface area contributed by atoms with Crippen LogP contribution in [0.15, 0.2) is 12.4 Å². The molecule has 0 radical (unpaired) electrons. The molecule has 4 heterocycles. The highest BCUT2D eigenvalue weighted by molar-refractivity contribution is 5.87. The Hall–Kier alpha value is -3.15. The lowest BCUT2D eigenvalue weighted by molar-refractivity contribution is -0.278. The van der Waals surface area contributed by atoms with Crippen LogP contribution < -0.4 is 5.73 Å². The smallest absolute Gasteiger partial charge is 0.380 e. The number of carbonyl (C=O) groups is 2. The number of fused-ring (bicyclic) bond motifs is 1. The van der Waals surface area contributed by atoms with Gasteiger partial charge < -0.3 is 20.5 Å². The summed E-state index contributed by atoms with van der Waals surface area (Å²) in [6.45, 7) is -1.63. The number of aromatic nitrogens is 4. The van der Waals surface area contributed by atoms with Gasteiger partial charge in [-0.15, -0.1) is 0 Å². The van der Waals surface area contributed by atoms with Gasteiger partial charge in [-0.3, -0.25) is 9.59 Å². The van der Waals surface area contributed by atoms with Crippen LogP contribution in [0.1, 0.15) is 81.1 Å². The SMILES string of the molecule is NC(=O)C1(F)CC1[C@@H](c1cn2ncc([C@H]3C[C@](O)(C(F)(F)F)CCN3C(=O)[C@@H]3CCC(F)(F)CO3)nc2n1)C1CCC(F)(F)CC1. The molecule has 2 saturated carbocycles. The van der Waals surface area contributed by atoms with Crippen molar-refractivity contribution < 1.29 is 54.6 Å². The minimum absolute atomic E-state index is 0.0212. The van der Waals surface area contributed by atoms with Crippen molar-refractivity contribution in [2.24, 2.45) is 17.6 Å². The monoisotopic (exact) mass is 668 g/mol. The van der Waals surface area contributed by atoms with Crippen LogP contribution in [-0.2, 0) is 14.3 Å². The molecule has 0 aromatic carbocycles. The summed E-state index contributed by atoms with van der Waals surface area (Å²) in [7, 11) is 0. The number of amides is 2. The van der Waals surface area contributed by atoms with E-state index in [0.717, 1.165) is 15.6 Å². The predicted octanol–water partition coefficient (Wildman–Crippen LogP) is 4.02. The summed E-state index contributed by atoms with van der Waals surface area (Å²) in [5, 5.41) is 14.7. The van der Waals surface area contributed by atoms with Crippen LogP contribution in [0.3, 0.4) is 0 Å². The molecule has 18 heteroatoms. The third kappa shape index (κ3) is 5.90. The number of rotatable bonds is 6. The van der Waals surface area contributed by atoms with Gasteiger partial charge in [0.15, 0.2) is 11.3 Å². The Morgan fingerprint density at radius 2 is 1.67 bits per heavy atom. The van der Waals surface area contributed by atoms with Crippen LogP contribution in [0.25, 0.3) is 5.78 Å². The van der Waals surface area contributed by atoms with E-state index in [1.807, 2.05) is 0 Å². The number of piperidine rings is 1. The molecule has 4 fully saturated rings. The zero-order chi connectivity index (χ0) is 33.4. The topological polar surface area (TPSA) is 136 Å². The van der Waals surface area contributed by atoms with Gasteiger partial charge in [-0.2, -0.15) is 18.3 Å². The number of carbonyl (C=O) groups excluding carboxylic acids is 2. The van der Waals surface area contributed by atoms with E-state index in [4.69, 9.17) is 10.5 Å². The number of alkyl halides is 8. The van der Waals surface area contributed by atoms with Crippen LogP contribution in [0.4, 0.5) is 35.1 Å². The van der Waals surface area contributed by atoms with E-state index in [-0.39, 0.29) is 42.8 Å². The molecule has 6 rings (SSSR count). The van der Waals surface area contributed by atoms with Gasteiger partial charge in [0.1, 0.15) is 12.7 Å². The Kier molecular flexibility index (Phi) is 7.80. The van der Waals surface area contributed by atoms with Crippen molar-refractivity contribution in [3.63, 3.8) is 0 Å². The molecule has 2 aliphatic heterocycles. The summed E-state index contributed by atoms with van der Waals surface area (Å²) >= 11 is 0. The highest BCUT2D eigenvalue weighted by atomic mass is 19.4. The molecule has 2 aromatic heterocycles. The molecule has 0 spiro atoms. The number of nitrogens with two attached hydrogens (primary N) is 1. The highest BCUT2D eigenvalue weighted by Gasteiger charge is 2.65. The number of nitrogens with zero attached hydrogens (tertiary/aromatic N) is 5. The first-order valence-electron chi connectivity index (χ1n) is 15.0. The summed E-state index contributed by atoms with van der Waals surface area (Å²) in [5.41, 5.74) is -0.299. The van der Waals surface area contributed by atoms with Gasteiger partial charge in [-0.25, -0.2) is 36.4 Å². The molecular weight excluding hydrogens is 636 g/mol. The molecule has 254 valence electrons. The lowest BCUT2D eigenvalue weighted by atomic mass is 9.74. The van der Waals surface area contributed by atoms with Crippen molar-refractivity contribution in [1.82, 2.24) is 24.5 Å². The summed E-state index contributed by atoms with van der Waals surface area (Å²) in [6.07, 6.45) is -8.00. The van der Waals surface area contributed by atoms with Crippen LogP contribution in [0.5, 0.6) is 0 Å². The fourth-order valence-corrected chi connectivity index (χ4v) is 7.16. The fourth-order valence-electron chi connectivity index (χ4n) is 7.16. The molecule has 0 bridgehead atoms. The van der Waals surface area contributed by atoms with Crippen molar-refractivity contribution in [3.8, 4) is 0 Å². The number of hydrogen-bond donors (Lipinski definition) is 2. The normalized spacial score (nSPS) is 33.9. The van der Waals surface area contributed by atoms with Gasteiger partial charge in [0.25, 0.3) is 23.5 Å². The minimum atomic E-state index is -5.07. The van der Waals surface area contributed by atoms with Gasteiger partial charge in [-0.1, -0.05) is 0 Å². The maximum Gasteiger partial charge on any atom is 0.417 e. The zero-order valence-electron chi connectivity index (χ0n) is 24.3. The lowest BCUT2D eigenvalue weighted by Gasteiger charge is -2.45. The molecule has 6 atom stereocenters. The lowest BCUT2D eigenvalue weighted by Crippen LogP contribution is -2.57. The molecule has 46 heavy (non-hydrogen) atoms. The average Bonchev–Trinajstić information content (AvgIpc) is 3.47. The van der Waals surface area contributed by atoms with Gasteiger partial charge >= 0.3 is 6.18 Å². The Labute approximate surface area is 256 Å². The molecule has 2 aliphatic carbocycles. The first-order chi connectivity index (χ1) is 21.3. The summed E-state index contributed by atoms with van der Waals surface area (Å²) < 4.78 is 118. The highest BCUT2D eigenvalue weighted by Crippen LogP contribution is 2.59. The number of likely N-dealkylation sites (tertiary alicyclic amines) is 1. The second-order valence-electron chi connectivity index (χ2n) is 13.1. The summed E-state index contributed by atoms with van der Waals surface area (Å²) in [4.78, 5) is 35.0. The van der Waals surface area contributed by atoms with Crippen molar-refractivity contribution in [3.05, 3.63) is 23.8 Å². The molecule has 2 saturated heterocycles. The maximum atomic E-state index is 15.3. The van der Waals surface area contributed by atoms with E-state index in [9.17, 15) is 45.4 Å². The fraction of sp³-hybridized carbons (Fsp3) is 0.750. The molecule has 3 N–H and O–H groups in total. The molecule has 2 amide bonds. The van der Waals surface area contributed by atoms with E-state index >= 15 is 4.39 Å². The number of hydrogen-bond acceptors (Lipinski definition) is 7. The summed E-state index contributed by atoms with van der Waals surface area (Å²) in [6, 6.07) is -1.51. The van der Waals surface area contributed by atoms with Crippen LogP contribution >= 0.6 is 0 Å². The molecule has 10 nitrogen and oxygen atoms in total. The number of aliphatic hydroxyl groups is 1. The third-order valence-corrected chi connectivity index (χ3v) is 10.0. The second-order valence-corrected chi connectivity index (χ2v) is 13.1. The van der Waals surface area contributed by atoms with E-state index in [0.29, 0.717) is 0 Å². The van der Waals surface area contributed by atoms with Gasteiger partial charge in [-0.05, 0) is 31.6 Å². The maximum absolute atomic E-state index is 15.3. The van der Waals surface area contributed by atoms with E-state index in [1.54, 1.807) is 0 Å². The van der Waals surface area contributed by atoms with E-state index in [2.05, 4.69) is 15.1 Å². The molecule has 2 aromatic rings. The third-order valence-electron chi connectivity index (χ3n) is 10.0. The molecular formula is C28H32F8N6O4. The molecule has 4 aliphatic rings. The number of ether oxygens (including phenoxy) is 1. The summed E-state index contributed by atoms with van der Waals surface area (Å²) in [5.74, 6) is -10.5. The van der Waals surface area contributed by atoms with Crippen molar-refractivity contribution in [2.75, 3.05) is 13.2 Å². The largest absolute Gasteiger partial charge is 0.417 e. The van der Waals surface area contributed by atoms with Crippen LogP contribution in [-0.4, -0.2) is 89.9 Å². The number of imidazole rings is 1. The number of halogens is 8. The van der Waals surface area contributed by atoms with Crippen molar-refractivity contribution in [2.45, 2.75) is 105 Å². The Bertz CT molecular complexity index is 1500. The van der Waals surface area contributed by atoms with E-state index < -0.39 is 116 Å². The second kappa shape index (κ2) is 11.0. The van der Waals surface area contributed by atoms with Gasteiger partial charge in [0.05, 0.1) is 29.8 Å². The van der Waals surface area contributed by atoms with Gasteiger partial charge in [0, 0.05) is 50.5 Å². The molecule has 2 unspecified atom stereocenters. The minimum Gasteiger partial charge on any atom is -0.380 e. The Balaban J connectivity index is 1.33. The predicted molar refractivity (Wildman–Crippen MR) is 140 cm³/mol. The van der Waals surface area contributed by atoms with Crippen molar-refractivity contribution in [1.29, 1.82) is 0 Å². The first kappa shape index (κ1) is 32.8. The Morgan fingerprint density at radius 1 is 1.00 bits per heavy atom. The average molecular weight is 669 g/mol. The van der Waals surface area contributed by atoms with Crippen LogP contribution in [0.2, 0.25) is 0 Å². The Morgan fingerprint density at radius 3 is 2.26 bits per heavy atom. The van der Waals surface area contributed by atoms with Gasteiger partial charge in [0.2, 0.25) is 5.92 Å².